The van der Waals surface area contributed by atoms with E-state index in [1.807, 2.05) is 19.1 Å². The van der Waals surface area contributed by atoms with Crippen LogP contribution in [0.3, 0.4) is 0 Å². The molecule has 0 atom stereocenters. The van der Waals surface area contributed by atoms with Crippen molar-refractivity contribution >= 4 is 48.9 Å². The number of phenols is 1. The molecule has 0 fully saturated rings. The Morgan fingerprint density at radius 3 is 1.89 bits per heavy atom. The molecule has 2 heteroatoms. The van der Waals surface area contributed by atoms with Crippen molar-refractivity contribution in [3.8, 4) is 5.75 Å². The minimum atomic E-state index is 0. The molecule has 0 aliphatic rings. The SMILES string of the molecule is Cc1ccc(O)cc1.[BaH2]. The fourth-order valence-electron chi connectivity index (χ4n) is 0.545. The molecule has 0 spiro atoms. The first-order chi connectivity index (χ1) is 3.79. The molecule has 0 aromatic heterocycles. The molecule has 1 N–H and O–H groups in total. The molecule has 1 aromatic rings. The Balaban J connectivity index is 0.000000640. The van der Waals surface area contributed by atoms with Crippen LogP contribution >= 0.6 is 0 Å². The minimum absolute atomic E-state index is 0. The van der Waals surface area contributed by atoms with Crippen LogP contribution in [0.2, 0.25) is 0 Å². The number of hydrogen-bond donors (Lipinski definition) is 1. The molecule has 1 aromatic carbocycles. The molecular weight excluding hydrogens is 237 g/mol. The van der Waals surface area contributed by atoms with Crippen LogP contribution in [0.5, 0.6) is 5.75 Å². The molecule has 1 nitrogen and oxygen atoms in total. The zero-order valence-corrected chi connectivity index (χ0v) is 4.76. The van der Waals surface area contributed by atoms with Gasteiger partial charge in [0.25, 0.3) is 0 Å². The van der Waals surface area contributed by atoms with E-state index in [0.717, 1.165) is 0 Å². The summed E-state index contributed by atoms with van der Waals surface area (Å²) in [5.41, 5.74) is 1.17. The van der Waals surface area contributed by atoms with Crippen LogP contribution in [-0.4, -0.2) is 54.0 Å². The molecule has 0 unspecified atom stereocenters. The van der Waals surface area contributed by atoms with E-state index in [-0.39, 0.29) is 48.9 Å². The zero-order valence-electron chi connectivity index (χ0n) is 4.76. The predicted molar refractivity (Wildman–Crippen MR) is 41.4 cm³/mol. The topological polar surface area (TPSA) is 20.2 Å². The van der Waals surface area contributed by atoms with Crippen LogP contribution in [0.4, 0.5) is 0 Å². The van der Waals surface area contributed by atoms with Gasteiger partial charge in [-0.2, -0.15) is 0 Å². The standard InChI is InChI=1S/C7H8O.Ba.2H/c1-6-2-4-7(8)5-3-6;;;/h2-5,8H,1H3;;;. The van der Waals surface area contributed by atoms with Gasteiger partial charge in [0, 0.05) is 0 Å². The van der Waals surface area contributed by atoms with Crippen LogP contribution in [-0.2, 0) is 0 Å². The summed E-state index contributed by atoms with van der Waals surface area (Å²) in [6.07, 6.45) is 0. The van der Waals surface area contributed by atoms with E-state index in [1.54, 1.807) is 12.1 Å². The van der Waals surface area contributed by atoms with Gasteiger partial charge in [0.05, 0.1) is 0 Å². The van der Waals surface area contributed by atoms with Crippen molar-refractivity contribution in [2.24, 2.45) is 0 Å². The van der Waals surface area contributed by atoms with Gasteiger partial charge in [-0.15, -0.1) is 0 Å². The molecule has 0 saturated heterocycles. The second kappa shape index (κ2) is 4.41. The van der Waals surface area contributed by atoms with E-state index < -0.39 is 0 Å². The van der Waals surface area contributed by atoms with Crippen molar-refractivity contribution in [1.29, 1.82) is 0 Å². The Bertz CT molecular complexity index is 148. The van der Waals surface area contributed by atoms with E-state index in [4.69, 9.17) is 5.11 Å². The van der Waals surface area contributed by atoms with E-state index in [1.165, 1.54) is 5.56 Å². The third-order valence-corrected chi connectivity index (χ3v) is 1.03. The molecule has 0 radical (unpaired) electrons. The number of phenolic OH excluding ortho intramolecular Hbond substituents is 1. The van der Waals surface area contributed by atoms with Gasteiger partial charge in [-0.25, -0.2) is 0 Å². The van der Waals surface area contributed by atoms with Gasteiger partial charge in [-0.05, 0) is 19.1 Å². The Morgan fingerprint density at radius 1 is 1.11 bits per heavy atom. The maximum atomic E-state index is 8.76. The van der Waals surface area contributed by atoms with Crippen LogP contribution in [0, 0.1) is 6.92 Å². The summed E-state index contributed by atoms with van der Waals surface area (Å²) >= 11 is 0. The quantitative estimate of drug-likeness (QED) is 0.672. The molecule has 0 aliphatic heterocycles. The molecule has 0 amide bonds. The average Bonchev–Trinajstić information content (AvgIpc) is 1.77. The van der Waals surface area contributed by atoms with Crippen LogP contribution in [0.25, 0.3) is 0 Å². The van der Waals surface area contributed by atoms with Gasteiger partial charge >= 0.3 is 48.9 Å². The Morgan fingerprint density at radius 2 is 1.56 bits per heavy atom. The molecular formula is C7H10BaO. The van der Waals surface area contributed by atoms with Gasteiger partial charge in [-0.3, -0.25) is 0 Å². The molecule has 0 bridgehead atoms. The second-order valence-corrected chi connectivity index (χ2v) is 1.84. The van der Waals surface area contributed by atoms with Crippen LogP contribution < -0.4 is 0 Å². The van der Waals surface area contributed by atoms with Gasteiger partial charge in [-0.1, -0.05) is 17.7 Å². The Kier molecular flexibility index (Phi) is 4.70. The van der Waals surface area contributed by atoms with Crippen molar-refractivity contribution < 1.29 is 5.11 Å². The summed E-state index contributed by atoms with van der Waals surface area (Å²) in [6, 6.07) is 7.09. The predicted octanol–water partition coefficient (Wildman–Crippen LogP) is 0.784. The number of aryl methyl sites for hydroxylation is 1. The van der Waals surface area contributed by atoms with Crippen molar-refractivity contribution in [3.63, 3.8) is 0 Å². The summed E-state index contributed by atoms with van der Waals surface area (Å²) < 4.78 is 0. The monoisotopic (exact) mass is 248 g/mol. The third-order valence-electron chi connectivity index (χ3n) is 1.03. The van der Waals surface area contributed by atoms with E-state index in [9.17, 15) is 0 Å². The molecule has 9 heavy (non-hydrogen) atoms. The van der Waals surface area contributed by atoms with E-state index in [0.29, 0.717) is 5.75 Å². The summed E-state index contributed by atoms with van der Waals surface area (Å²) in [5.74, 6) is 0.329. The van der Waals surface area contributed by atoms with Crippen LogP contribution in [0.1, 0.15) is 5.56 Å². The second-order valence-electron chi connectivity index (χ2n) is 1.84. The molecule has 46 valence electrons. The van der Waals surface area contributed by atoms with Gasteiger partial charge in [0.15, 0.2) is 0 Å². The fourth-order valence-corrected chi connectivity index (χ4v) is 0.545. The molecule has 0 heterocycles. The number of hydrogen-bond acceptors (Lipinski definition) is 1. The van der Waals surface area contributed by atoms with Crippen molar-refractivity contribution in [3.05, 3.63) is 29.8 Å². The fraction of sp³-hybridized carbons (Fsp3) is 0.143. The van der Waals surface area contributed by atoms with Crippen LogP contribution in [0.15, 0.2) is 24.3 Å². The zero-order chi connectivity index (χ0) is 5.98. The first-order valence-corrected chi connectivity index (χ1v) is 2.54. The first kappa shape index (κ1) is 9.59. The number of rotatable bonds is 0. The van der Waals surface area contributed by atoms with Crippen molar-refractivity contribution in [1.82, 2.24) is 0 Å². The van der Waals surface area contributed by atoms with E-state index in [2.05, 4.69) is 0 Å². The van der Waals surface area contributed by atoms with Crippen molar-refractivity contribution in [2.45, 2.75) is 6.92 Å². The Labute approximate surface area is 95.2 Å². The number of benzene rings is 1. The molecule has 0 saturated carbocycles. The number of aromatic hydroxyl groups is 1. The summed E-state index contributed by atoms with van der Waals surface area (Å²) in [7, 11) is 0. The van der Waals surface area contributed by atoms with E-state index >= 15 is 0 Å². The normalized spacial score (nSPS) is 8.11. The molecule has 0 aliphatic carbocycles. The Hall–Kier alpha value is 0.591. The van der Waals surface area contributed by atoms with Gasteiger partial charge < -0.3 is 5.11 Å². The van der Waals surface area contributed by atoms with Gasteiger partial charge in [0.2, 0.25) is 0 Å². The molecule has 1 rings (SSSR count). The summed E-state index contributed by atoms with van der Waals surface area (Å²) in [5, 5.41) is 8.76. The first-order valence-electron chi connectivity index (χ1n) is 2.54. The maximum absolute atomic E-state index is 8.76. The third kappa shape index (κ3) is 3.33. The summed E-state index contributed by atoms with van der Waals surface area (Å²) in [6.45, 7) is 1.99. The van der Waals surface area contributed by atoms with Crippen molar-refractivity contribution in [2.75, 3.05) is 0 Å². The average molecular weight is 247 g/mol. The summed E-state index contributed by atoms with van der Waals surface area (Å²) in [4.78, 5) is 0. The van der Waals surface area contributed by atoms with Gasteiger partial charge in [0.1, 0.15) is 5.75 Å².